The van der Waals surface area contributed by atoms with Crippen LogP contribution in [0.15, 0.2) is 40.9 Å². The van der Waals surface area contributed by atoms with Crippen LogP contribution >= 0.6 is 27.5 Å². The van der Waals surface area contributed by atoms with Crippen molar-refractivity contribution in [3.05, 3.63) is 57.3 Å². The van der Waals surface area contributed by atoms with Gasteiger partial charge in [0.2, 0.25) is 0 Å². The molecule has 0 fully saturated rings. The molecule has 1 amide bonds. The van der Waals surface area contributed by atoms with Gasteiger partial charge in [0.1, 0.15) is 5.82 Å². The Morgan fingerprint density at radius 1 is 1.26 bits per heavy atom. The van der Waals surface area contributed by atoms with Crippen molar-refractivity contribution in [2.75, 3.05) is 11.1 Å². The summed E-state index contributed by atoms with van der Waals surface area (Å²) < 4.78 is 14.2. The molecule has 3 N–H and O–H groups in total. The van der Waals surface area contributed by atoms with Gasteiger partial charge in [0.25, 0.3) is 5.91 Å². The van der Waals surface area contributed by atoms with Crippen LogP contribution in [0.4, 0.5) is 15.8 Å². The Labute approximate surface area is 122 Å². The first kappa shape index (κ1) is 13.8. The highest BCUT2D eigenvalue weighted by Crippen LogP contribution is 2.24. The minimum atomic E-state index is -0.667. The first-order valence-corrected chi connectivity index (χ1v) is 6.46. The lowest BCUT2D eigenvalue weighted by molar-refractivity contribution is 0.102. The Balaban J connectivity index is 2.23. The lowest BCUT2D eigenvalue weighted by Crippen LogP contribution is -2.13. The zero-order chi connectivity index (χ0) is 14.0. The largest absolute Gasteiger partial charge is 0.398 e. The minimum absolute atomic E-state index is 0.0719. The Hall–Kier alpha value is -1.59. The summed E-state index contributed by atoms with van der Waals surface area (Å²) in [5, 5.41) is 2.82. The minimum Gasteiger partial charge on any atom is -0.398 e. The predicted octanol–water partition coefficient (Wildman–Crippen LogP) is 4.08. The molecule has 0 aromatic heterocycles. The van der Waals surface area contributed by atoms with Crippen molar-refractivity contribution in [1.29, 1.82) is 0 Å². The van der Waals surface area contributed by atoms with E-state index in [9.17, 15) is 9.18 Å². The van der Waals surface area contributed by atoms with Gasteiger partial charge in [-0.1, -0.05) is 11.6 Å². The number of hydrogen-bond acceptors (Lipinski definition) is 2. The summed E-state index contributed by atoms with van der Waals surface area (Å²) in [6.07, 6.45) is 0. The standard InChI is InChI=1S/C13H9BrClFN2O/c14-10-6-8(2-4-12(10)17)18-13(19)9-3-1-7(15)5-11(9)16/h1-6H,17H2,(H,18,19). The molecule has 0 unspecified atom stereocenters. The first-order chi connectivity index (χ1) is 8.97. The van der Waals surface area contributed by atoms with E-state index in [4.69, 9.17) is 17.3 Å². The van der Waals surface area contributed by atoms with Gasteiger partial charge >= 0.3 is 0 Å². The van der Waals surface area contributed by atoms with E-state index >= 15 is 0 Å². The van der Waals surface area contributed by atoms with Gasteiger partial charge in [-0.05, 0) is 52.3 Å². The van der Waals surface area contributed by atoms with Gasteiger partial charge < -0.3 is 11.1 Å². The highest BCUT2D eigenvalue weighted by molar-refractivity contribution is 9.10. The van der Waals surface area contributed by atoms with Crippen molar-refractivity contribution in [3.8, 4) is 0 Å². The molecule has 6 heteroatoms. The van der Waals surface area contributed by atoms with Crippen molar-refractivity contribution < 1.29 is 9.18 Å². The van der Waals surface area contributed by atoms with E-state index in [2.05, 4.69) is 21.2 Å². The topological polar surface area (TPSA) is 55.1 Å². The van der Waals surface area contributed by atoms with Gasteiger partial charge in [-0.25, -0.2) is 4.39 Å². The van der Waals surface area contributed by atoms with Crippen LogP contribution in [0.5, 0.6) is 0 Å². The van der Waals surface area contributed by atoms with Gasteiger partial charge in [-0.15, -0.1) is 0 Å². The van der Waals surface area contributed by atoms with Crippen LogP contribution in [0.3, 0.4) is 0 Å². The summed E-state index contributed by atoms with van der Waals surface area (Å²) in [4.78, 5) is 11.9. The molecule has 0 radical (unpaired) electrons. The number of nitrogen functional groups attached to an aromatic ring is 1. The molecule has 0 saturated heterocycles. The smallest absolute Gasteiger partial charge is 0.258 e. The maximum atomic E-state index is 13.6. The van der Waals surface area contributed by atoms with Gasteiger partial charge in [0, 0.05) is 20.9 Å². The molecule has 0 heterocycles. The Bertz CT molecular complexity index is 649. The molecular weight excluding hydrogens is 335 g/mol. The molecule has 98 valence electrons. The fourth-order valence-electron chi connectivity index (χ4n) is 1.48. The maximum absolute atomic E-state index is 13.6. The summed E-state index contributed by atoms with van der Waals surface area (Å²) in [6, 6.07) is 8.79. The highest BCUT2D eigenvalue weighted by Gasteiger charge is 2.12. The van der Waals surface area contributed by atoms with E-state index in [1.165, 1.54) is 12.1 Å². The number of halogens is 3. The predicted molar refractivity (Wildman–Crippen MR) is 77.9 cm³/mol. The SMILES string of the molecule is Nc1ccc(NC(=O)c2ccc(Cl)cc2F)cc1Br. The molecule has 0 aliphatic carbocycles. The second-order valence-electron chi connectivity index (χ2n) is 3.81. The van der Waals surface area contributed by atoms with Crippen LogP contribution in [0.1, 0.15) is 10.4 Å². The summed E-state index contributed by atoms with van der Waals surface area (Å²) in [5.41, 5.74) is 6.63. The summed E-state index contributed by atoms with van der Waals surface area (Å²) in [6.45, 7) is 0. The average molecular weight is 344 g/mol. The number of carbonyl (C=O) groups excluding carboxylic acids is 1. The molecule has 0 bridgehead atoms. The lowest BCUT2D eigenvalue weighted by Gasteiger charge is -2.07. The monoisotopic (exact) mass is 342 g/mol. The zero-order valence-electron chi connectivity index (χ0n) is 9.58. The maximum Gasteiger partial charge on any atom is 0.258 e. The van der Waals surface area contributed by atoms with Crippen LogP contribution in [0, 0.1) is 5.82 Å². The summed E-state index contributed by atoms with van der Waals surface area (Å²) >= 11 is 8.88. The van der Waals surface area contributed by atoms with Gasteiger partial charge in [0.15, 0.2) is 0 Å². The molecule has 0 spiro atoms. The van der Waals surface area contributed by atoms with Crippen LogP contribution in [-0.4, -0.2) is 5.91 Å². The average Bonchev–Trinajstić information content (AvgIpc) is 2.33. The first-order valence-electron chi connectivity index (χ1n) is 5.29. The normalized spacial score (nSPS) is 10.3. The summed E-state index contributed by atoms with van der Waals surface area (Å²) in [5.74, 6) is -1.22. The summed E-state index contributed by atoms with van der Waals surface area (Å²) in [7, 11) is 0. The Morgan fingerprint density at radius 2 is 2.00 bits per heavy atom. The van der Waals surface area contributed by atoms with E-state index in [-0.39, 0.29) is 10.6 Å². The van der Waals surface area contributed by atoms with Crippen LogP contribution in [-0.2, 0) is 0 Å². The lowest BCUT2D eigenvalue weighted by atomic mass is 10.2. The quantitative estimate of drug-likeness (QED) is 0.807. The van der Waals surface area contributed by atoms with E-state index in [0.29, 0.717) is 15.8 Å². The van der Waals surface area contributed by atoms with Crippen LogP contribution < -0.4 is 11.1 Å². The zero-order valence-corrected chi connectivity index (χ0v) is 11.9. The molecule has 2 aromatic carbocycles. The molecule has 2 rings (SSSR count). The number of carbonyl (C=O) groups is 1. The number of rotatable bonds is 2. The Kier molecular flexibility index (Phi) is 4.07. The molecule has 2 aromatic rings. The highest BCUT2D eigenvalue weighted by atomic mass is 79.9. The third-order valence-corrected chi connectivity index (χ3v) is 3.36. The molecule has 0 atom stereocenters. The van der Waals surface area contributed by atoms with Crippen LogP contribution in [0.25, 0.3) is 0 Å². The van der Waals surface area contributed by atoms with E-state index < -0.39 is 11.7 Å². The number of benzene rings is 2. The van der Waals surface area contributed by atoms with Gasteiger partial charge in [0.05, 0.1) is 5.56 Å². The third kappa shape index (κ3) is 3.24. The van der Waals surface area contributed by atoms with Crippen molar-refractivity contribution in [2.24, 2.45) is 0 Å². The molecule has 19 heavy (non-hydrogen) atoms. The van der Waals surface area contributed by atoms with Crippen molar-refractivity contribution >= 4 is 44.8 Å². The Morgan fingerprint density at radius 3 is 2.63 bits per heavy atom. The van der Waals surface area contributed by atoms with Gasteiger partial charge in [-0.2, -0.15) is 0 Å². The van der Waals surface area contributed by atoms with Crippen LogP contribution in [0.2, 0.25) is 5.02 Å². The third-order valence-electron chi connectivity index (χ3n) is 2.43. The van der Waals surface area contributed by atoms with E-state index in [1.807, 2.05) is 0 Å². The number of hydrogen-bond donors (Lipinski definition) is 2. The number of amides is 1. The van der Waals surface area contributed by atoms with Crippen molar-refractivity contribution in [3.63, 3.8) is 0 Å². The molecule has 0 saturated carbocycles. The second kappa shape index (κ2) is 5.59. The van der Waals surface area contributed by atoms with Crippen molar-refractivity contribution in [2.45, 2.75) is 0 Å². The number of anilines is 2. The van der Waals surface area contributed by atoms with E-state index in [1.54, 1.807) is 18.2 Å². The van der Waals surface area contributed by atoms with Gasteiger partial charge in [-0.3, -0.25) is 4.79 Å². The second-order valence-corrected chi connectivity index (χ2v) is 5.11. The molecule has 0 aliphatic heterocycles. The van der Waals surface area contributed by atoms with E-state index in [0.717, 1.165) is 6.07 Å². The van der Waals surface area contributed by atoms with Crippen molar-refractivity contribution in [1.82, 2.24) is 0 Å². The molecule has 3 nitrogen and oxygen atoms in total. The molecule has 0 aliphatic rings. The fourth-order valence-corrected chi connectivity index (χ4v) is 2.01. The number of nitrogens with two attached hydrogens (primary N) is 1. The fraction of sp³-hybridized carbons (Fsp3) is 0. The molecular formula is C13H9BrClFN2O. The number of nitrogens with one attached hydrogen (secondary N) is 1.